The summed E-state index contributed by atoms with van der Waals surface area (Å²) in [6.07, 6.45) is 0.519. The summed E-state index contributed by atoms with van der Waals surface area (Å²) >= 11 is 6.90. The second-order valence-electron chi connectivity index (χ2n) is 5.56. The number of carbonyl (C=O) groups excluding carboxylic acids is 1. The molecule has 0 spiro atoms. The standard InChI is InChI=1S/C16H18ClN3O6S2/c1-3-7-19(9-15-18-13(10-27-15)16(21)26-4-2)28(24,25)11-5-6-12(17)14(8-11)20(22)23/h5-6,8,10H,3-4,7,9H2,1-2H3. The summed E-state index contributed by atoms with van der Waals surface area (Å²) in [5.74, 6) is -0.580. The van der Waals surface area contributed by atoms with Gasteiger partial charge in [0.2, 0.25) is 10.0 Å². The monoisotopic (exact) mass is 447 g/mol. The lowest BCUT2D eigenvalue weighted by molar-refractivity contribution is -0.384. The van der Waals surface area contributed by atoms with Crippen molar-refractivity contribution in [3.8, 4) is 0 Å². The van der Waals surface area contributed by atoms with Crippen molar-refractivity contribution in [3.05, 3.63) is 49.4 Å². The molecule has 0 amide bonds. The zero-order chi connectivity index (χ0) is 20.9. The number of esters is 1. The summed E-state index contributed by atoms with van der Waals surface area (Å²) in [6, 6.07) is 3.34. The number of rotatable bonds is 9. The summed E-state index contributed by atoms with van der Waals surface area (Å²) in [5.41, 5.74) is -0.379. The Kier molecular flexibility index (Phi) is 7.47. The average Bonchev–Trinajstić information content (AvgIpc) is 3.10. The van der Waals surface area contributed by atoms with E-state index in [-0.39, 0.29) is 35.3 Å². The first-order valence-corrected chi connectivity index (χ1v) is 11.0. The lowest BCUT2D eigenvalue weighted by Gasteiger charge is -2.20. The summed E-state index contributed by atoms with van der Waals surface area (Å²) in [4.78, 5) is 26.0. The minimum Gasteiger partial charge on any atom is -0.461 e. The van der Waals surface area contributed by atoms with Gasteiger partial charge in [-0.25, -0.2) is 18.2 Å². The van der Waals surface area contributed by atoms with E-state index in [4.69, 9.17) is 16.3 Å². The molecule has 0 radical (unpaired) electrons. The Morgan fingerprint density at radius 2 is 2.11 bits per heavy atom. The molecule has 12 heteroatoms. The molecule has 0 aliphatic heterocycles. The first-order valence-electron chi connectivity index (χ1n) is 8.26. The number of nitro groups is 1. The Hall–Kier alpha value is -2.08. The van der Waals surface area contributed by atoms with Crippen LogP contribution in [0, 0.1) is 10.1 Å². The number of nitro benzene ring substituents is 1. The van der Waals surface area contributed by atoms with Gasteiger partial charge in [0.1, 0.15) is 10.0 Å². The third-order valence-electron chi connectivity index (χ3n) is 3.57. The lowest BCUT2D eigenvalue weighted by Crippen LogP contribution is -2.31. The van der Waals surface area contributed by atoms with Gasteiger partial charge in [0.15, 0.2) is 5.69 Å². The highest BCUT2D eigenvalue weighted by atomic mass is 35.5. The van der Waals surface area contributed by atoms with E-state index in [1.54, 1.807) is 13.8 Å². The fraction of sp³-hybridized carbons (Fsp3) is 0.375. The predicted octanol–water partition coefficient (Wildman–Crippen LogP) is 3.48. The summed E-state index contributed by atoms with van der Waals surface area (Å²) in [6.45, 7) is 3.78. The molecule has 1 heterocycles. The van der Waals surface area contributed by atoms with E-state index in [0.717, 1.165) is 21.7 Å². The van der Waals surface area contributed by atoms with Gasteiger partial charge in [-0.3, -0.25) is 10.1 Å². The molecule has 2 rings (SSSR count). The van der Waals surface area contributed by atoms with Gasteiger partial charge in [-0.2, -0.15) is 4.31 Å². The van der Waals surface area contributed by atoms with Crippen LogP contribution in [0.25, 0.3) is 0 Å². The molecule has 0 unspecified atom stereocenters. The van der Waals surface area contributed by atoms with Gasteiger partial charge in [-0.15, -0.1) is 11.3 Å². The number of thiazole rings is 1. The van der Waals surface area contributed by atoms with Gasteiger partial charge < -0.3 is 4.74 Å². The van der Waals surface area contributed by atoms with Crippen LogP contribution < -0.4 is 0 Å². The third-order valence-corrected chi connectivity index (χ3v) is 6.57. The molecule has 0 aliphatic carbocycles. The topological polar surface area (TPSA) is 120 Å². The molecule has 152 valence electrons. The molecule has 9 nitrogen and oxygen atoms in total. The van der Waals surface area contributed by atoms with Crippen LogP contribution in [-0.4, -0.2) is 41.8 Å². The number of hydrogen-bond acceptors (Lipinski definition) is 8. The number of benzene rings is 1. The predicted molar refractivity (Wildman–Crippen MR) is 104 cm³/mol. The van der Waals surface area contributed by atoms with Gasteiger partial charge in [0.05, 0.1) is 23.0 Å². The zero-order valence-corrected chi connectivity index (χ0v) is 17.5. The minimum atomic E-state index is -4.03. The van der Waals surface area contributed by atoms with Crippen molar-refractivity contribution in [2.45, 2.75) is 31.7 Å². The van der Waals surface area contributed by atoms with Crippen LogP contribution in [-0.2, 0) is 21.3 Å². The maximum absolute atomic E-state index is 13.0. The van der Waals surface area contributed by atoms with Gasteiger partial charge in [0.25, 0.3) is 5.69 Å². The number of ether oxygens (including phenoxy) is 1. The number of aromatic nitrogens is 1. The fourth-order valence-electron chi connectivity index (χ4n) is 2.31. The average molecular weight is 448 g/mol. The van der Waals surface area contributed by atoms with E-state index in [9.17, 15) is 23.3 Å². The van der Waals surface area contributed by atoms with Gasteiger partial charge in [-0.1, -0.05) is 18.5 Å². The lowest BCUT2D eigenvalue weighted by atomic mass is 10.3. The second kappa shape index (κ2) is 9.41. The van der Waals surface area contributed by atoms with E-state index in [1.807, 2.05) is 0 Å². The SMILES string of the molecule is CCCN(Cc1nc(C(=O)OCC)cs1)S(=O)(=O)c1ccc(Cl)c([N+](=O)[O-])c1. The number of nitrogens with zero attached hydrogens (tertiary/aromatic N) is 3. The van der Waals surface area contributed by atoms with E-state index in [0.29, 0.717) is 11.4 Å². The quantitative estimate of drug-likeness (QED) is 0.327. The van der Waals surface area contributed by atoms with Crippen LogP contribution in [0.15, 0.2) is 28.5 Å². The second-order valence-corrected chi connectivity index (χ2v) is 8.84. The Morgan fingerprint density at radius 3 is 2.71 bits per heavy atom. The maximum atomic E-state index is 13.0. The van der Waals surface area contributed by atoms with Gasteiger partial charge >= 0.3 is 5.97 Å². The smallest absolute Gasteiger partial charge is 0.357 e. The van der Waals surface area contributed by atoms with Crippen molar-refractivity contribution >= 4 is 44.6 Å². The van der Waals surface area contributed by atoms with Crippen molar-refractivity contribution in [3.63, 3.8) is 0 Å². The van der Waals surface area contributed by atoms with Gasteiger partial charge in [-0.05, 0) is 25.5 Å². The molecule has 0 aliphatic rings. The normalized spacial score (nSPS) is 11.6. The molecular formula is C16H18ClN3O6S2. The van der Waals surface area contributed by atoms with Crippen LogP contribution in [0.3, 0.4) is 0 Å². The number of halogens is 1. The Balaban J connectivity index is 2.33. The first-order chi connectivity index (χ1) is 13.2. The van der Waals surface area contributed by atoms with Crippen molar-refractivity contribution in [1.29, 1.82) is 0 Å². The third kappa shape index (κ3) is 5.04. The molecule has 0 saturated carbocycles. The minimum absolute atomic E-state index is 0.0727. The van der Waals surface area contributed by atoms with Gasteiger partial charge in [0, 0.05) is 18.0 Å². The van der Waals surface area contributed by atoms with Crippen LogP contribution >= 0.6 is 22.9 Å². The summed E-state index contributed by atoms with van der Waals surface area (Å²) in [7, 11) is -4.03. The fourth-order valence-corrected chi connectivity index (χ4v) is 4.87. The summed E-state index contributed by atoms with van der Waals surface area (Å²) < 4.78 is 32.0. The molecule has 1 aromatic heterocycles. The summed E-state index contributed by atoms with van der Waals surface area (Å²) in [5, 5.41) is 12.8. The van der Waals surface area contributed by atoms with Crippen molar-refractivity contribution < 1.29 is 22.9 Å². The Labute approximate surface area is 171 Å². The largest absolute Gasteiger partial charge is 0.461 e. The molecule has 0 fully saturated rings. The molecule has 0 saturated heterocycles. The Morgan fingerprint density at radius 1 is 1.39 bits per heavy atom. The number of sulfonamides is 1. The molecular weight excluding hydrogens is 430 g/mol. The van der Waals surface area contributed by atoms with Crippen molar-refractivity contribution in [1.82, 2.24) is 9.29 Å². The van der Waals surface area contributed by atoms with E-state index < -0.39 is 26.6 Å². The highest BCUT2D eigenvalue weighted by molar-refractivity contribution is 7.89. The molecule has 0 N–H and O–H groups in total. The molecule has 0 bridgehead atoms. The highest BCUT2D eigenvalue weighted by Gasteiger charge is 2.28. The van der Waals surface area contributed by atoms with Crippen molar-refractivity contribution in [2.75, 3.05) is 13.2 Å². The Bertz CT molecular complexity index is 977. The zero-order valence-electron chi connectivity index (χ0n) is 15.1. The van der Waals surface area contributed by atoms with E-state index >= 15 is 0 Å². The molecule has 0 atom stereocenters. The maximum Gasteiger partial charge on any atom is 0.357 e. The van der Waals surface area contributed by atoms with Crippen LogP contribution in [0.1, 0.15) is 35.8 Å². The van der Waals surface area contributed by atoms with Crippen molar-refractivity contribution in [2.24, 2.45) is 0 Å². The van der Waals surface area contributed by atoms with Crippen LogP contribution in [0.5, 0.6) is 0 Å². The van der Waals surface area contributed by atoms with E-state index in [1.165, 1.54) is 17.5 Å². The molecule has 1 aromatic carbocycles. The number of hydrogen-bond donors (Lipinski definition) is 0. The first kappa shape index (κ1) is 22.2. The van der Waals surface area contributed by atoms with Crippen LogP contribution in [0.2, 0.25) is 5.02 Å². The van der Waals surface area contributed by atoms with E-state index in [2.05, 4.69) is 4.98 Å². The molecule has 28 heavy (non-hydrogen) atoms. The number of carbonyl (C=O) groups is 1. The highest BCUT2D eigenvalue weighted by Crippen LogP contribution is 2.29. The van der Waals surface area contributed by atoms with Crippen LogP contribution in [0.4, 0.5) is 5.69 Å². The molecule has 2 aromatic rings.